The molecule has 5 heteroatoms. The molecule has 4 nitrogen and oxygen atoms in total. The Hall–Kier alpha value is -1.62. The van der Waals surface area contributed by atoms with Crippen LogP contribution in [-0.4, -0.2) is 17.8 Å². The Bertz CT molecular complexity index is 435. The van der Waals surface area contributed by atoms with Gasteiger partial charge in [-0.15, -0.1) is 0 Å². The molecule has 0 saturated carbocycles. The number of amides is 1. The van der Waals surface area contributed by atoms with Gasteiger partial charge < -0.3 is 10.1 Å². The van der Waals surface area contributed by atoms with Crippen LogP contribution in [-0.2, 0) is 11.2 Å². The molecule has 0 aliphatic rings. The maximum Gasteiger partial charge on any atom is 0.413 e. The largest absolute Gasteiger partial charge is 0.450 e. The Morgan fingerprint density at radius 3 is 2.74 bits per heavy atom. The highest BCUT2D eigenvalue weighted by molar-refractivity contribution is 7.80. The summed E-state index contributed by atoms with van der Waals surface area (Å²) in [6, 6.07) is 7.94. The number of rotatable bonds is 5. The topological polar surface area (TPSA) is 50.4 Å². The van der Waals surface area contributed by atoms with Crippen molar-refractivity contribution in [3.63, 3.8) is 0 Å². The molecular weight excluding hydrogens is 260 g/mol. The summed E-state index contributed by atoms with van der Waals surface area (Å²) in [5.74, 6) is 0. The number of anilines is 1. The fraction of sp³-hybridized carbons (Fsp3) is 0.429. The summed E-state index contributed by atoms with van der Waals surface area (Å²) in [5.41, 5.74) is 2.12. The van der Waals surface area contributed by atoms with Gasteiger partial charge in [-0.25, -0.2) is 4.79 Å². The van der Waals surface area contributed by atoms with Crippen LogP contribution in [0.1, 0.15) is 32.3 Å². The average Bonchev–Trinajstić information content (AvgIpc) is 2.37. The van der Waals surface area contributed by atoms with Crippen molar-refractivity contribution < 1.29 is 9.53 Å². The third kappa shape index (κ3) is 5.70. The lowest BCUT2D eigenvalue weighted by molar-refractivity contribution is 0.158. The molecule has 1 aromatic carbocycles. The molecule has 0 aliphatic carbocycles. The van der Waals surface area contributed by atoms with Gasteiger partial charge >= 0.3 is 6.09 Å². The maximum absolute atomic E-state index is 11.2. The molecule has 1 rings (SSSR count). The van der Waals surface area contributed by atoms with Gasteiger partial charge in [-0.1, -0.05) is 31.5 Å². The van der Waals surface area contributed by atoms with Gasteiger partial charge in [0.2, 0.25) is 0 Å². The normalized spacial score (nSPS) is 9.79. The first-order valence-corrected chi connectivity index (χ1v) is 6.90. The van der Waals surface area contributed by atoms with Crippen LogP contribution in [0.15, 0.2) is 24.3 Å². The van der Waals surface area contributed by atoms with Crippen molar-refractivity contribution in [2.45, 2.75) is 33.1 Å². The number of alkyl carbamates (subject to hydrolysis) is 1. The standard InChI is InChI=1S/C14H20N2O2S/c1-3-5-8-11-9-6-7-10-12(11)15-13(19)16-14(17)18-4-2/h6-7,9-10H,3-5,8H2,1-2H3,(H2,15,16,17,19). The van der Waals surface area contributed by atoms with E-state index in [2.05, 4.69) is 23.6 Å². The number of aryl methyl sites for hydroxylation is 1. The predicted octanol–water partition coefficient (Wildman–Crippen LogP) is 3.47. The van der Waals surface area contributed by atoms with Crippen LogP contribution in [0.3, 0.4) is 0 Å². The van der Waals surface area contributed by atoms with Gasteiger partial charge in [0, 0.05) is 5.69 Å². The molecule has 0 heterocycles. The lowest BCUT2D eigenvalue weighted by atomic mass is 10.1. The summed E-state index contributed by atoms with van der Waals surface area (Å²) < 4.78 is 4.77. The Balaban J connectivity index is 2.60. The zero-order chi connectivity index (χ0) is 14.1. The van der Waals surface area contributed by atoms with Gasteiger partial charge in [0.05, 0.1) is 6.61 Å². The van der Waals surface area contributed by atoms with Gasteiger partial charge in [-0.2, -0.15) is 0 Å². The van der Waals surface area contributed by atoms with Crippen molar-refractivity contribution in [3.8, 4) is 0 Å². The van der Waals surface area contributed by atoms with Crippen LogP contribution in [0.25, 0.3) is 0 Å². The van der Waals surface area contributed by atoms with E-state index in [0.717, 1.165) is 24.9 Å². The number of para-hydroxylation sites is 1. The van der Waals surface area contributed by atoms with Gasteiger partial charge in [0.1, 0.15) is 0 Å². The highest BCUT2D eigenvalue weighted by Crippen LogP contribution is 2.17. The van der Waals surface area contributed by atoms with Crippen LogP contribution in [0.5, 0.6) is 0 Å². The first kappa shape index (κ1) is 15.4. The zero-order valence-corrected chi connectivity index (χ0v) is 12.2. The number of ether oxygens (including phenoxy) is 1. The highest BCUT2D eigenvalue weighted by atomic mass is 32.1. The Morgan fingerprint density at radius 2 is 2.05 bits per heavy atom. The van der Waals surface area contributed by atoms with Gasteiger partial charge in [-0.05, 0) is 43.6 Å². The summed E-state index contributed by atoms with van der Waals surface area (Å²) in [6.45, 7) is 4.22. The van der Waals surface area contributed by atoms with E-state index in [1.807, 2.05) is 18.2 Å². The zero-order valence-electron chi connectivity index (χ0n) is 11.4. The Morgan fingerprint density at radius 1 is 1.32 bits per heavy atom. The molecule has 1 amide bonds. The van der Waals surface area contributed by atoms with Crippen LogP contribution < -0.4 is 10.6 Å². The molecule has 2 N–H and O–H groups in total. The van der Waals surface area contributed by atoms with E-state index in [1.54, 1.807) is 6.92 Å². The minimum Gasteiger partial charge on any atom is -0.450 e. The number of carbonyl (C=O) groups is 1. The first-order valence-electron chi connectivity index (χ1n) is 6.50. The molecule has 0 unspecified atom stereocenters. The van der Waals surface area contributed by atoms with Crippen molar-refractivity contribution in [1.29, 1.82) is 0 Å². The van der Waals surface area contributed by atoms with Crippen LogP contribution in [0.4, 0.5) is 10.5 Å². The van der Waals surface area contributed by atoms with Crippen molar-refractivity contribution in [2.24, 2.45) is 0 Å². The number of hydrogen-bond acceptors (Lipinski definition) is 3. The summed E-state index contributed by atoms with van der Waals surface area (Å²) in [7, 11) is 0. The minimum atomic E-state index is -0.536. The highest BCUT2D eigenvalue weighted by Gasteiger charge is 2.07. The van der Waals surface area contributed by atoms with Crippen molar-refractivity contribution in [1.82, 2.24) is 5.32 Å². The molecule has 19 heavy (non-hydrogen) atoms. The molecule has 0 spiro atoms. The van der Waals surface area contributed by atoms with E-state index >= 15 is 0 Å². The maximum atomic E-state index is 11.2. The molecule has 0 aromatic heterocycles. The summed E-state index contributed by atoms with van der Waals surface area (Å²) >= 11 is 5.08. The van der Waals surface area contributed by atoms with E-state index in [1.165, 1.54) is 5.56 Å². The lowest BCUT2D eigenvalue weighted by Gasteiger charge is -2.13. The molecular formula is C14H20N2O2S. The quantitative estimate of drug-likeness (QED) is 0.811. The smallest absolute Gasteiger partial charge is 0.413 e. The minimum absolute atomic E-state index is 0.252. The summed E-state index contributed by atoms with van der Waals surface area (Å²) in [6.07, 6.45) is 2.71. The van der Waals surface area contributed by atoms with Crippen LogP contribution in [0, 0.1) is 0 Å². The van der Waals surface area contributed by atoms with E-state index in [4.69, 9.17) is 17.0 Å². The monoisotopic (exact) mass is 280 g/mol. The number of unbranched alkanes of at least 4 members (excludes halogenated alkanes) is 1. The molecule has 104 valence electrons. The second kappa shape index (κ2) is 8.48. The summed E-state index contributed by atoms with van der Waals surface area (Å²) in [5, 5.41) is 5.75. The number of thiocarbonyl (C=S) groups is 1. The Kier molecular flexibility index (Phi) is 6.89. The number of benzene rings is 1. The fourth-order valence-electron chi connectivity index (χ4n) is 1.64. The van der Waals surface area contributed by atoms with Crippen LogP contribution >= 0.6 is 12.2 Å². The first-order chi connectivity index (χ1) is 9.17. The van der Waals surface area contributed by atoms with Crippen molar-refractivity contribution >= 4 is 29.1 Å². The SMILES string of the molecule is CCCCc1ccccc1NC(=S)NC(=O)OCC. The molecule has 0 bridgehead atoms. The molecule has 0 radical (unpaired) electrons. The fourth-order valence-corrected chi connectivity index (χ4v) is 1.83. The number of nitrogens with one attached hydrogen (secondary N) is 2. The lowest BCUT2D eigenvalue weighted by Crippen LogP contribution is -2.34. The second-order valence-electron chi connectivity index (χ2n) is 4.06. The van der Waals surface area contributed by atoms with Crippen molar-refractivity contribution in [3.05, 3.63) is 29.8 Å². The van der Waals surface area contributed by atoms with E-state index in [9.17, 15) is 4.79 Å². The molecule has 0 aliphatic heterocycles. The second-order valence-corrected chi connectivity index (χ2v) is 4.47. The van der Waals surface area contributed by atoms with Gasteiger partial charge in [0.25, 0.3) is 0 Å². The number of carbonyl (C=O) groups excluding carboxylic acids is 1. The van der Waals surface area contributed by atoms with Gasteiger partial charge in [0.15, 0.2) is 5.11 Å². The number of hydrogen-bond donors (Lipinski definition) is 2. The third-order valence-corrected chi connectivity index (χ3v) is 2.76. The predicted molar refractivity (Wildman–Crippen MR) is 81.4 cm³/mol. The van der Waals surface area contributed by atoms with E-state index < -0.39 is 6.09 Å². The van der Waals surface area contributed by atoms with E-state index in [0.29, 0.717) is 6.61 Å². The van der Waals surface area contributed by atoms with Gasteiger partial charge in [-0.3, -0.25) is 5.32 Å². The molecule has 0 saturated heterocycles. The molecule has 1 aromatic rings. The molecule has 0 atom stereocenters. The summed E-state index contributed by atoms with van der Waals surface area (Å²) in [4.78, 5) is 11.2. The van der Waals surface area contributed by atoms with E-state index in [-0.39, 0.29) is 5.11 Å². The third-order valence-electron chi connectivity index (χ3n) is 2.56. The van der Waals surface area contributed by atoms with Crippen molar-refractivity contribution in [2.75, 3.05) is 11.9 Å². The molecule has 0 fully saturated rings. The average molecular weight is 280 g/mol. The Labute approximate surface area is 119 Å². The van der Waals surface area contributed by atoms with Crippen LogP contribution in [0.2, 0.25) is 0 Å².